The van der Waals surface area contributed by atoms with Gasteiger partial charge in [-0.25, -0.2) is 4.98 Å². The lowest BCUT2D eigenvalue weighted by Crippen LogP contribution is -2.24. The maximum absolute atomic E-state index is 13.1. The van der Waals surface area contributed by atoms with Crippen LogP contribution in [0.25, 0.3) is 10.9 Å². The van der Waals surface area contributed by atoms with Crippen LogP contribution < -0.4 is 10.9 Å². The third-order valence-corrected chi connectivity index (χ3v) is 7.35. The Morgan fingerprint density at radius 1 is 1.14 bits per heavy atom. The number of thioether (sulfide) groups is 1. The second-order valence-corrected chi connectivity index (χ2v) is 9.71. The fourth-order valence-electron chi connectivity index (χ4n) is 4.27. The van der Waals surface area contributed by atoms with E-state index < -0.39 is 0 Å². The summed E-state index contributed by atoms with van der Waals surface area (Å²) in [6.07, 6.45) is 1.88. The van der Waals surface area contributed by atoms with Crippen molar-refractivity contribution in [2.45, 2.75) is 44.4 Å². The highest BCUT2D eigenvalue weighted by atomic mass is 32.2. The fraction of sp³-hybridized carbons (Fsp3) is 0.259. The first-order valence-electron chi connectivity index (χ1n) is 11.6. The monoisotopic (exact) mass is 483 g/mol. The second-order valence-electron chi connectivity index (χ2n) is 8.77. The SMILES string of the molecule is Cc1c(C#N)c(NC(=O)CSc2nc3ccccc3c(=O)n2C2CC2)n(Cc2ccccc2)c1C. The number of fused-ring (bicyclic) bond motifs is 1. The van der Waals surface area contributed by atoms with Crippen molar-refractivity contribution in [1.29, 1.82) is 5.26 Å². The lowest BCUT2D eigenvalue weighted by atomic mass is 10.2. The molecule has 0 atom stereocenters. The highest BCUT2D eigenvalue weighted by Crippen LogP contribution is 2.37. The molecule has 1 aliphatic rings. The molecule has 35 heavy (non-hydrogen) atoms. The maximum Gasteiger partial charge on any atom is 0.262 e. The minimum absolute atomic E-state index is 0.0595. The highest BCUT2D eigenvalue weighted by molar-refractivity contribution is 7.99. The van der Waals surface area contributed by atoms with Gasteiger partial charge in [0.2, 0.25) is 5.91 Å². The molecule has 0 bridgehead atoms. The number of aromatic nitrogens is 3. The second kappa shape index (κ2) is 9.43. The van der Waals surface area contributed by atoms with Gasteiger partial charge in [-0.05, 0) is 49.9 Å². The first kappa shape index (κ1) is 22.9. The Kier molecular flexibility index (Phi) is 6.18. The smallest absolute Gasteiger partial charge is 0.262 e. The Labute approximate surface area is 207 Å². The number of amides is 1. The molecule has 1 aliphatic carbocycles. The first-order valence-corrected chi connectivity index (χ1v) is 12.5. The zero-order valence-corrected chi connectivity index (χ0v) is 20.4. The summed E-state index contributed by atoms with van der Waals surface area (Å²) < 4.78 is 3.70. The van der Waals surface area contributed by atoms with Crippen LogP contribution >= 0.6 is 11.8 Å². The molecule has 5 rings (SSSR count). The molecule has 1 N–H and O–H groups in total. The number of nitriles is 1. The molecule has 8 heteroatoms. The van der Waals surface area contributed by atoms with Crippen LogP contribution in [-0.2, 0) is 11.3 Å². The summed E-state index contributed by atoms with van der Waals surface area (Å²) in [4.78, 5) is 30.8. The highest BCUT2D eigenvalue weighted by Gasteiger charge is 2.29. The molecule has 0 aliphatic heterocycles. The Balaban J connectivity index is 1.40. The van der Waals surface area contributed by atoms with Gasteiger partial charge in [-0.3, -0.25) is 14.2 Å². The third-order valence-electron chi connectivity index (χ3n) is 6.40. The van der Waals surface area contributed by atoms with Gasteiger partial charge < -0.3 is 9.88 Å². The van der Waals surface area contributed by atoms with Crippen LogP contribution in [0.3, 0.4) is 0 Å². The number of para-hydroxylation sites is 1. The molecule has 0 radical (unpaired) electrons. The van der Waals surface area contributed by atoms with Crippen LogP contribution in [0, 0.1) is 25.2 Å². The van der Waals surface area contributed by atoms with Crippen LogP contribution in [-0.4, -0.2) is 25.8 Å². The van der Waals surface area contributed by atoms with Crippen molar-refractivity contribution in [1.82, 2.24) is 14.1 Å². The quantitative estimate of drug-likeness (QED) is 0.301. The number of hydrogen-bond donors (Lipinski definition) is 1. The predicted molar refractivity (Wildman–Crippen MR) is 138 cm³/mol. The van der Waals surface area contributed by atoms with Crippen molar-refractivity contribution in [3.63, 3.8) is 0 Å². The first-order chi connectivity index (χ1) is 17.0. The minimum atomic E-state index is -0.247. The van der Waals surface area contributed by atoms with Crippen LogP contribution in [0.2, 0.25) is 0 Å². The number of carbonyl (C=O) groups is 1. The molecule has 2 aromatic heterocycles. The molecule has 4 aromatic rings. The molecular weight excluding hydrogens is 458 g/mol. The van der Waals surface area contributed by atoms with E-state index in [4.69, 9.17) is 0 Å². The van der Waals surface area contributed by atoms with Crippen molar-refractivity contribution in [2.75, 3.05) is 11.1 Å². The predicted octanol–water partition coefficient (Wildman–Crippen LogP) is 4.80. The molecule has 0 spiro atoms. The van der Waals surface area contributed by atoms with Crippen LogP contribution in [0.1, 0.15) is 41.3 Å². The van der Waals surface area contributed by atoms with E-state index in [1.54, 1.807) is 10.6 Å². The molecule has 7 nitrogen and oxygen atoms in total. The van der Waals surface area contributed by atoms with E-state index in [1.165, 1.54) is 11.8 Å². The molecule has 0 saturated heterocycles. The van der Waals surface area contributed by atoms with Crippen LogP contribution in [0.4, 0.5) is 5.82 Å². The number of carbonyl (C=O) groups excluding carboxylic acids is 1. The standard InChI is InChI=1S/C27H25N5O2S/c1-17-18(2)31(15-19-8-4-3-5-9-19)25(22(17)14-28)30-24(33)16-35-27-29-23-11-7-6-10-21(23)26(34)32(27)20-12-13-20/h3-11,20H,12-13,15-16H2,1-2H3,(H,30,33). The molecule has 176 valence electrons. The van der Waals surface area contributed by atoms with Gasteiger partial charge in [0.1, 0.15) is 11.9 Å². The molecule has 0 unspecified atom stereocenters. The number of benzene rings is 2. The van der Waals surface area contributed by atoms with Gasteiger partial charge >= 0.3 is 0 Å². The largest absolute Gasteiger partial charge is 0.326 e. The summed E-state index contributed by atoms with van der Waals surface area (Å²) >= 11 is 1.25. The number of rotatable bonds is 7. The van der Waals surface area contributed by atoms with Crippen molar-refractivity contribution in [3.05, 3.63) is 87.3 Å². The zero-order valence-electron chi connectivity index (χ0n) is 19.6. The van der Waals surface area contributed by atoms with Crippen molar-refractivity contribution in [3.8, 4) is 6.07 Å². The van der Waals surface area contributed by atoms with Gasteiger partial charge in [-0.1, -0.05) is 54.2 Å². The third kappa shape index (κ3) is 4.47. The molecule has 1 saturated carbocycles. The van der Waals surface area contributed by atoms with E-state index in [9.17, 15) is 14.9 Å². The number of anilines is 1. The summed E-state index contributed by atoms with van der Waals surface area (Å²) in [6, 6.07) is 19.6. The van der Waals surface area contributed by atoms with Crippen molar-refractivity contribution < 1.29 is 4.79 Å². The fourth-order valence-corrected chi connectivity index (χ4v) is 5.14. The zero-order chi connectivity index (χ0) is 24.5. The number of hydrogen-bond acceptors (Lipinski definition) is 5. The van der Waals surface area contributed by atoms with Gasteiger partial charge in [0.15, 0.2) is 5.16 Å². The van der Waals surface area contributed by atoms with E-state index in [0.717, 1.165) is 29.7 Å². The van der Waals surface area contributed by atoms with E-state index in [1.807, 2.05) is 66.9 Å². The molecule has 2 aromatic carbocycles. The van der Waals surface area contributed by atoms with Gasteiger partial charge in [0.25, 0.3) is 5.56 Å². The van der Waals surface area contributed by atoms with Gasteiger partial charge in [-0.2, -0.15) is 5.26 Å². The lowest BCUT2D eigenvalue weighted by Gasteiger charge is -2.14. The van der Waals surface area contributed by atoms with Gasteiger partial charge in [-0.15, -0.1) is 0 Å². The van der Waals surface area contributed by atoms with Crippen molar-refractivity contribution >= 4 is 34.4 Å². The Hall–Kier alpha value is -3.83. The Morgan fingerprint density at radius 3 is 2.57 bits per heavy atom. The van der Waals surface area contributed by atoms with E-state index in [-0.39, 0.29) is 23.3 Å². The summed E-state index contributed by atoms with van der Waals surface area (Å²) in [5.41, 5.74) is 3.91. The Bertz CT molecular complexity index is 1530. The molecular formula is C27H25N5O2S. The topological polar surface area (TPSA) is 92.7 Å². The Morgan fingerprint density at radius 2 is 1.86 bits per heavy atom. The molecule has 2 heterocycles. The summed E-state index contributed by atoms with van der Waals surface area (Å²) in [5, 5.41) is 13.9. The van der Waals surface area contributed by atoms with Crippen LogP contribution in [0.15, 0.2) is 64.5 Å². The summed E-state index contributed by atoms with van der Waals surface area (Å²) in [5.74, 6) is 0.336. The number of nitrogens with one attached hydrogen (secondary N) is 1. The lowest BCUT2D eigenvalue weighted by molar-refractivity contribution is -0.113. The van der Waals surface area contributed by atoms with Gasteiger partial charge in [0, 0.05) is 18.3 Å². The van der Waals surface area contributed by atoms with Crippen LogP contribution in [0.5, 0.6) is 0 Å². The van der Waals surface area contributed by atoms with E-state index in [2.05, 4.69) is 16.4 Å². The molecule has 1 fully saturated rings. The summed E-state index contributed by atoms with van der Waals surface area (Å²) in [7, 11) is 0. The average molecular weight is 484 g/mol. The van der Waals surface area contributed by atoms with E-state index >= 15 is 0 Å². The average Bonchev–Trinajstić information content (AvgIpc) is 3.68. The van der Waals surface area contributed by atoms with Gasteiger partial charge in [0.05, 0.1) is 22.2 Å². The minimum Gasteiger partial charge on any atom is -0.326 e. The summed E-state index contributed by atoms with van der Waals surface area (Å²) in [6.45, 7) is 4.40. The maximum atomic E-state index is 13.1. The number of nitrogens with zero attached hydrogens (tertiary/aromatic N) is 4. The van der Waals surface area contributed by atoms with Crippen molar-refractivity contribution in [2.24, 2.45) is 0 Å². The molecule has 1 amide bonds. The van der Waals surface area contributed by atoms with E-state index in [0.29, 0.717) is 34.0 Å². The normalized spacial score (nSPS) is 13.1.